The van der Waals surface area contributed by atoms with Gasteiger partial charge in [-0.25, -0.2) is 4.68 Å². The van der Waals surface area contributed by atoms with Crippen LogP contribution < -0.4 is 15.4 Å². The van der Waals surface area contributed by atoms with Crippen molar-refractivity contribution in [1.82, 2.24) is 15.1 Å². The van der Waals surface area contributed by atoms with Crippen molar-refractivity contribution in [2.75, 3.05) is 11.9 Å². The van der Waals surface area contributed by atoms with Crippen LogP contribution in [0.1, 0.15) is 29.8 Å². The number of hydrogen-bond donors (Lipinski definition) is 2. The van der Waals surface area contributed by atoms with Gasteiger partial charge < -0.3 is 15.4 Å². The van der Waals surface area contributed by atoms with Gasteiger partial charge in [-0.3, -0.25) is 4.79 Å². The number of nitrogens with zero attached hydrogens (tertiary/aromatic N) is 2. The Bertz CT molecular complexity index is 1570. The highest BCUT2D eigenvalue weighted by atomic mass is 35.5. The first kappa shape index (κ1) is 27.6. The SMILES string of the molecule is CC1=C(C(=O)NCCc2ccc(Oc3ccccc3)cc2)C(c2ccc(Cl)c(Cl)c2)n2nc(C(F)(F)F)cc2N1. The summed E-state index contributed by atoms with van der Waals surface area (Å²) in [5, 5.41) is 10.1. The summed E-state index contributed by atoms with van der Waals surface area (Å²) in [6.45, 7) is 1.93. The molecule has 6 nitrogen and oxygen atoms in total. The van der Waals surface area contributed by atoms with Crippen molar-refractivity contribution in [1.29, 1.82) is 0 Å². The van der Waals surface area contributed by atoms with Gasteiger partial charge in [-0.05, 0) is 60.9 Å². The first-order valence-electron chi connectivity index (χ1n) is 12.3. The highest BCUT2D eigenvalue weighted by molar-refractivity contribution is 6.42. The molecule has 1 amide bonds. The fourth-order valence-corrected chi connectivity index (χ4v) is 4.77. The minimum atomic E-state index is -4.66. The molecule has 1 aliphatic heterocycles. The molecule has 1 unspecified atom stereocenters. The summed E-state index contributed by atoms with van der Waals surface area (Å²) in [5.41, 5.74) is 0.978. The number of rotatable bonds is 7. The van der Waals surface area contributed by atoms with E-state index in [9.17, 15) is 18.0 Å². The van der Waals surface area contributed by atoms with Crippen molar-refractivity contribution in [2.24, 2.45) is 0 Å². The molecule has 0 bridgehead atoms. The number of carbonyl (C=O) groups excluding carboxylic acids is 1. The summed E-state index contributed by atoms with van der Waals surface area (Å²) >= 11 is 12.3. The van der Waals surface area contributed by atoms with Gasteiger partial charge in [0.2, 0.25) is 0 Å². The zero-order chi connectivity index (χ0) is 28.4. The van der Waals surface area contributed by atoms with E-state index in [0.29, 0.717) is 30.0 Å². The molecule has 0 aliphatic carbocycles. The number of carbonyl (C=O) groups is 1. The molecule has 1 aromatic heterocycles. The van der Waals surface area contributed by atoms with Crippen LogP contribution in [0, 0.1) is 0 Å². The number of alkyl halides is 3. The highest BCUT2D eigenvalue weighted by Gasteiger charge is 2.39. The van der Waals surface area contributed by atoms with Crippen molar-refractivity contribution >= 4 is 34.9 Å². The van der Waals surface area contributed by atoms with Gasteiger partial charge in [0.1, 0.15) is 23.4 Å². The van der Waals surface area contributed by atoms with Crippen LogP contribution in [0.25, 0.3) is 0 Å². The number of anilines is 1. The summed E-state index contributed by atoms with van der Waals surface area (Å²) < 4.78 is 47.4. The van der Waals surface area contributed by atoms with Gasteiger partial charge in [0, 0.05) is 18.3 Å². The molecule has 0 spiro atoms. The van der Waals surface area contributed by atoms with Gasteiger partial charge in [0.05, 0.1) is 15.6 Å². The number of ether oxygens (including phenoxy) is 1. The third kappa shape index (κ3) is 5.95. The number of allylic oxidation sites excluding steroid dienone is 1. The molecule has 2 heterocycles. The lowest BCUT2D eigenvalue weighted by molar-refractivity contribution is -0.141. The van der Waals surface area contributed by atoms with Gasteiger partial charge >= 0.3 is 6.18 Å². The second-order valence-electron chi connectivity index (χ2n) is 9.16. The van der Waals surface area contributed by atoms with E-state index in [1.54, 1.807) is 13.0 Å². The summed E-state index contributed by atoms with van der Waals surface area (Å²) in [7, 11) is 0. The Morgan fingerprint density at radius 1 is 1.00 bits per heavy atom. The number of aromatic nitrogens is 2. The number of hydrogen-bond acceptors (Lipinski definition) is 4. The predicted molar refractivity (Wildman–Crippen MR) is 148 cm³/mol. The Morgan fingerprint density at radius 2 is 1.70 bits per heavy atom. The lowest BCUT2D eigenvalue weighted by atomic mass is 9.94. The molecule has 0 saturated heterocycles. The largest absolute Gasteiger partial charge is 0.457 e. The van der Waals surface area contributed by atoms with Crippen molar-refractivity contribution in [3.8, 4) is 11.5 Å². The van der Waals surface area contributed by atoms with Crippen LogP contribution in [-0.2, 0) is 17.4 Å². The molecule has 1 aliphatic rings. The zero-order valence-corrected chi connectivity index (χ0v) is 22.6. The number of benzene rings is 3. The monoisotopic (exact) mass is 586 g/mol. The fourth-order valence-electron chi connectivity index (χ4n) is 4.46. The number of halogens is 5. The molecule has 1 atom stereocenters. The van der Waals surface area contributed by atoms with E-state index in [-0.39, 0.29) is 21.4 Å². The second kappa shape index (κ2) is 11.3. The van der Waals surface area contributed by atoms with Crippen LogP contribution in [0.3, 0.4) is 0 Å². The standard InChI is InChI=1S/C29H23Cl2F3N4O2/c1-17-26(28(39)35-14-13-18-7-10-21(11-8-18)40-20-5-3-2-4-6-20)27(19-9-12-22(30)23(31)15-19)38-25(36-17)16-24(37-38)29(32,33)34/h2-12,15-16,27,36H,13-14H2,1H3,(H,35,39). The van der Waals surface area contributed by atoms with E-state index in [1.165, 1.54) is 12.1 Å². The van der Waals surface area contributed by atoms with E-state index in [2.05, 4.69) is 15.7 Å². The molecule has 5 rings (SSSR count). The predicted octanol–water partition coefficient (Wildman–Crippen LogP) is 7.65. The Kier molecular flexibility index (Phi) is 7.78. The molecule has 40 heavy (non-hydrogen) atoms. The topological polar surface area (TPSA) is 68.2 Å². The first-order valence-corrected chi connectivity index (χ1v) is 13.1. The second-order valence-corrected chi connectivity index (χ2v) is 9.98. The molecule has 3 aromatic carbocycles. The Hall–Kier alpha value is -3.95. The quantitative estimate of drug-likeness (QED) is 0.233. The molecule has 206 valence electrons. The summed E-state index contributed by atoms with van der Waals surface area (Å²) in [4.78, 5) is 13.5. The summed E-state index contributed by atoms with van der Waals surface area (Å²) in [6, 6.07) is 21.5. The Morgan fingerprint density at radius 3 is 2.38 bits per heavy atom. The van der Waals surface area contributed by atoms with Crippen molar-refractivity contribution in [3.05, 3.63) is 117 Å². The highest BCUT2D eigenvalue weighted by Crippen LogP contribution is 2.40. The van der Waals surface area contributed by atoms with E-state index >= 15 is 0 Å². The lowest BCUT2D eigenvalue weighted by Gasteiger charge is -2.30. The Labute approximate surface area is 238 Å². The van der Waals surface area contributed by atoms with Crippen LogP contribution in [-0.4, -0.2) is 22.2 Å². The number of para-hydroxylation sites is 1. The molecule has 0 fully saturated rings. The van der Waals surface area contributed by atoms with Crippen LogP contribution in [0.2, 0.25) is 10.0 Å². The van der Waals surface area contributed by atoms with Gasteiger partial charge in [-0.1, -0.05) is 59.6 Å². The van der Waals surface area contributed by atoms with Gasteiger partial charge in [-0.15, -0.1) is 0 Å². The third-order valence-electron chi connectivity index (χ3n) is 6.37. The van der Waals surface area contributed by atoms with Gasteiger partial charge in [-0.2, -0.15) is 18.3 Å². The number of amides is 1. The van der Waals surface area contributed by atoms with Crippen LogP contribution >= 0.6 is 23.2 Å². The van der Waals surface area contributed by atoms with Crippen LogP contribution in [0.4, 0.5) is 19.0 Å². The first-order chi connectivity index (χ1) is 19.1. The summed E-state index contributed by atoms with van der Waals surface area (Å²) in [5.74, 6) is 1.08. The van der Waals surface area contributed by atoms with E-state index in [0.717, 1.165) is 22.1 Å². The van der Waals surface area contributed by atoms with E-state index in [1.807, 2.05) is 54.6 Å². The maximum absolute atomic E-state index is 13.5. The van der Waals surface area contributed by atoms with Crippen molar-refractivity contribution in [3.63, 3.8) is 0 Å². The minimum absolute atomic E-state index is 0.107. The molecule has 11 heteroatoms. The third-order valence-corrected chi connectivity index (χ3v) is 7.11. The van der Waals surface area contributed by atoms with Crippen LogP contribution in [0.5, 0.6) is 11.5 Å². The average molecular weight is 587 g/mol. The van der Waals surface area contributed by atoms with Crippen molar-refractivity contribution in [2.45, 2.75) is 25.6 Å². The lowest BCUT2D eigenvalue weighted by Crippen LogP contribution is -2.35. The maximum Gasteiger partial charge on any atom is 0.435 e. The molecule has 0 radical (unpaired) electrons. The van der Waals surface area contributed by atoms with E-state index in [4.69, 9.17) is 27.9 Å². The molecule has 0 saturated carbocycles. The minimum Gasteiger partial charge on any atom is -0.457 e. The van der Waals surface area contributed by atoms with Gasteiger partial charge in [0.25, 0.3) is 5.91 Å². The van der Waals surface area contributed by atoms with Gasteiger partial charge in [0.15, 0.2) is 5.69 Å². The normalized spacial score (nSPS) is 14.9. The van der Waals surface area contributed by atoms with Crippen LogP contribution in [0.15, 0.2) is 90.1 Å². The number of nitrogens with one attached hydrogen (secondary N) is 2. The summed E-state index contributed by atoms with van der Waals surface area (Å²) in [6.07, 6.45) is -4.13. The zero-order valence-electron chi connectivity index (χ0n) is 21.1. The molecular weight excluding hydrogens is 564 g/mol. The number of fused-ring (bicyclic) bond motifs is 1. The Balaban J connectivity index is 1.33. The van der Waals surface area contributed by atoms with Crippen molar-refractivity contribution < 1.29 is 22.7 Å². The fraction of sp³-hybridized carbons (Fsp3) is 0.172. The molecule has 2 N–H and O–H groups in total. The smallest absolute Gasteiger partial charge is 0.435 e. The molecular formula is C29H23Cl2F3N4O2. The molecule has 4 aromatic rings. The average Bonchev–Trinajstić information content (AvgIpc) is 3.35. The van der Waals surface area contributed by atoms with E-state index < -0.39 is 23.8 Å². The maximum atomic E-state index is 13.5.